The summed E-state index contributed by atoms with van der Waals surface area (Å²) in [5.74, 6) is -1.10. The highest BCUT2D eigenvalue weighted by Crippen LogP contribution is 2.53. The molecule has 2 saturated heterocycles. The molecule has 2 fully saturated rings. The van der Waals surface area contributed by atoms with E-state index in [0.29, 0.717) is 25.9 Å². The summed E-state index contributed by atoms with van der Waals surface area (Å²) in [4.78, 5) is 42.5. The maximum absolute atomic E-state index is 14.8. The molecule has 0 radical (unpaired) electrons. The van der Waals surface area contributed by atoms with Crippen LogP contribution < -0.4 is 10.6 Å². The van der Waals surface area contributed by atoms with Gasteiger partial charge in [-0.25, -0.2) is 4.57 Å². The number of nitrogens with one attached hydrogen (secondary N) is 2. The third kappa shape index (κ3) is 40.8. The van der Waals surface area contributed by atoms with Gasteiger partial charge in [0.05, 0.1) is 51.2 Å². The van der Waals surface area contributed by atoms with E-state index in [1.807, 2.05) is 6.92 Å². The van der Waals surface area contributed by atoms with Crippen molar-refractivity contribution in [2.24, 2.45) is 5.92 Å². The summed E-state index contributed by atoms with van der Waals surface area (Å²) in [5.41, 5.74) is 0. The van der Waals surface area contributed by atoms with Gasteiger partial charge in [0.1, 0.15) is 36.2 Å². The van der Waals surface area contributed by atoms with E-state index in [1.54, 1.807) is 7.11 Å². The summed E-state index contributed by atoms with van der Waals surface area (Å²) >= 11 is 0. The van der Waals surface area contributed by atoms with Gasteiger partial charge in [0, 0.05) is 46.2 Å². The minimum Gasteiger partial charge on any atom is -0.391 e. The van der Waals surface area contributed by atoms with E-state index in [0.717, 1.165) is 103 Å². The summed E-state index contributed by atoms with van der Waals surface area (Å²) in [6.07, 6.45) is 42.0. The highest BCUT2D eigenvalue weighted by Gasteiger charge is 2.54. The molecule has 2 amide bonds. The summed E-state index contributed by atoms with van der Waals surface area (Å²) in [5, 5.41) is 6.32. The lowest BCUT2D eigenvalue weighted by atomic mass is 9.88. The van der Waals surface area contributed by atoms with Crippen molar-refractivity contribution in [2.75, 3.05) is 53.9 Å². The molecular formula is C79H149N2O15PSi. The molecule has 0 unspecified atom stereocenters. The SMILES string of the molecule is C=CCOP(=O)(OCC=C)O[C@H]1[C@H](OCC[C@@H](CCCCCCC)OC)[C@@H](NC(=O)CCCCCCCCC/C=C\CCCCCC)[C@H](OC[C@H]2O[C@@H](O[Si](C)(C)C(C)(C)C)[C@H](NC(=O)CC(=O)CCCCCCCCCCC)[C@@H](OCCCCCCCCCC)[C@@H]2C)O[C@@H]1COC. The number of amides is 2. The van der Waals surface area contributed by atoms with Crippen LogP contribution in [0.25, 0.3) is 0 Å². The van der Waals surface area contributed by atoms with E-state index < -0.39 is 77.2 Å². The second kappa shape index (κ2) is 57.2. The van der Waals surface area contributed by atoms with Gasteiger partial charge in [0.25, 0.3) is 0 Å². The molecule has 0 aromatic heterocycles. The zero-order chi connectivity index (χ0) is 72.1. The third-order valence-corrected chi connectivity index (χ3v) is 25.8. The Morgan fingerprint density at radius 1 is 0.531 bits per heavy atom. The fourth-order valence-corrected chi connectivity index (χ4v) is 15.1. The minimum absolute atomic E-state index is 0.0568. The fourth-order valence-electron chi connectivity index (χ4n) is 12.7. The van der Waals surface area contributed by atoms with Crippen molar-refractivity contribution in [3.8, 4) is 0 Å². The van der Waals surface area contributed by atoms with E-state index in [1.165, 1.54) is 141 Å². The van der Waals surface area contributed by atoms with Crippen molar-refractivity contribution < 1.29 is 70.1 Å². The molecule has 19 heteroatoms. The van der Waals surface area contributed by atoms with Gasteiger partial charge < -0.3 is 48.2 Å². The number of allylic oxidation sites excluding steroid dienone is 2. The van der Waals surface area contributed by atoms with Crippen LogP contribution in [0.15, 0.2) is 37.5 Å². The Bertz CT molecular complexity index is 2080. The zero-order valence-corrected chi connectivity index (χ0v) is 66.6. The fraction of sp³-hybridized carbons (Fsp3) is 0.886. The molecule has 0 spiro atoms. The smallest absolute Gasteiger partial charge is 0.391 e. The van der Waals surface area contributed by atoms with Gasteiger partial charge >= 0.3 is 7.82 Å². The van der Waals surface area contributed by atoms with Crippen LogP contribution in [0.3, 0.4) is 0 Å². The number of ketones is 1. The lowest BCUT2D eigenvalue weighted by molar-refractivity contribution is -0.295. The van der Waals surface area contributed by atoms with Gasteiger partial charge in [-0.05, 0) is 75.9 Å². The van der Waals surface area contributed by atoms with Crippen LogP contribution in [-0.2, 0) is 70.1 Å². The molecule has 98 heavy (non-hydrogen) atoms. The Balaban J connectivity index is 2.67. The molecule has 2 N–H and O–H groups in total. The lowest BCUT2D eigenvalue weighted by Gasteiger charge is -2.50. The average Bonchev–Trinajstić information content (AvgIpc) is 0.782. The first kappa shape index (κ1) is 91.9. The molecule has 0 aliphatic carbocycles. The predicted octanol–water partition coefficient (Wildman–Crippen LogP) is 20.2. The molecule has 0 aromatic carbocycles. The Morgan fingerprint density at radius 2 is 0.990 bits per heavy atom. The van der Waals surface area contributed by atoms with Crippen molar-refractivity contribution in [1.82, 2.24) is 10.6 Å². The number of rotatable bonds is 65. The van der Waals surface area contributed by atoms with Gasteiger partial charge in [-0.15, -0.1) is 13.2 Å². The van der Waals surface area contributed by atoms with Crippen molar-refractivity contribution in [3.05, 3.63) is 37.5 Å². The molecule has 2 heterocycles. The predicted molar refractivity (Wildman–Crippen MR) is 403 cm³/mol. The molecular weight excluding hydrogens is 1280 g/mol. The Kier molecular flexibility index (Phi) is 53.6. The molecule has 11 atom stereocenters. The number of methoxy groups -OCH3 is 2. The van der Waals surface area contributed by atoms with Crippen molar-refractivity contribution in [1.29, 1.82) is 0 Å². The van der Waals surface area contributed by atoms with Crippen LogP contribution in [0, 0.1) is 5.92 Å². The summed E-state index contributed by atoms with van der Waals surface area (Å²) in [6.45, 7) is 29.6. The van der Waals surface area contributed by atoms with Crippen molar-refractivity contribution >= 4 is 33.7 Å². The summed E-state index contributed by atoms with van der Waals surface area (Å²) in [6, 6.07) is -1.80. The van der Waals surface area contributed by atoms with E-state index in [2.05, 4.69) is 97.5 Å². The van der Waals surface area contributed by atoms with Gasteiger partial charge in [-0.2, -0.15) is 0 Å². The molecule has 2 aliphatic heterocycles. The van der Waals surface area contributed by atoms with Gasteiger partial charge in [-0.1, -0.05) is 259 Å². The normalized spacial score (nSPS) is 22.0. The van der Waals surface area contributed by atoms with E-state index in [9.17, 15) is 18.9 Å². The molecule has 574 valence electrons. The summed E-state index contributed by atoms with van der Waals surface area (Å²) in [7, 11) is -3.80. The first-order chi connectivity index (χ1) is 47.3. The topological polar surface area (TPSA) is 194 Å². The zero-order valence-electron chi connectivity index (χ0n) is 64.7. The standard InChI is InChI=1S/C79H149N2O15PSi/c1-15-21-25-29-32-35-36-37-38-39-40-42-44-48-52-56-70(83)80-73-76(89-61-57-67(87-12)55-51-46-28-24-18-4)75(95-97(85,91-58-19-5)92-59-20-6)69(63-86-11)94-77(73)90-64-68-65(7)74(88-60-53-49-45-34-31-27-23-17-3)72(78(93-68)96-98(13,14)79(8,9)10)81-71(84)62-66(82)54-50-47-43-41-33-30-26-22-16-2/h19-20,35-36,65,67-69,72-78H,5-6,15-18,21-34,37-64H2,1-4,7-14H3,(H,80,83)(H,81,84)/b36-35-/t65-,67-,68-,69-,72-,73-,74+,75-,76-,77-,78+/m1/s1. The molecule has 17 nitrogen and oxygen atoms in total. The summed E-state index contributed by atoms with van der Waals surface area (Å²) < 4.78 is 87.2. The molecule has 2 rings (SSSR count). The van der Waals surface area contributed by atoms with Crippen molar-refractivity contribution in [3.63, 3.8) is 0 Å². The number of unbranched alkanes of at least 4 members (excludes halogenated alkanes) is 30. The van der Waals surface area contributed by atoms with Gasteiger partial charge in [-0.3, -0.25) is 28.0 Å². The highest BCUT2D eigenvalue weighted by atomic mass is 31.2. The molecule has 2 aliphatic rings. The first-order valence-electron chi connectivity index (χ1n) is 39.7. The maximum Gasteiger partial charge on any atom is 0.475 e. The van der Waals surface area contributed by atoms with Gasteiger partial charge in [0.15, 0.2) is 20.9 Å². The van der Waals surface area contributed by atoms with Crippen molar-refractivity contribution in [2.45, 2.75) is 392 Å². The quantitative estimate of drug-likeness (QED) is 0.0192. The Labute approximate surface area is 600 Å². The second-order valence-corrected chi connectivity index (χ2v) is 36.0. The number of phosphoric acid groups is 1. The number of carbonyl (C=O) groups is 3. The monoisotopic (exact) mass is 1430 g/mol. The van der Waals surface area contributed by atoms with E-state index >= 15 is 0 Å². The lowest BCUT2D eigenvalue weighted by Crippen LogP contribution is -2.67. The van der Waals surface area contributed by atoms with Crippen LogP contribution in [0.1, 0.15) is 312 Å². The highest BCUT2D eigenvalue weighted by molar-refractivity contribution is 7.48. The largest absolute Gasteiger partial charge is 0.475 e. The first-order valence-corrected chi connectivity index (χ1v) is 44.1. The number of hydrogen-bond acceptors (Lipinski definition) is 15. The van der Waals surface area contributed by atoms with Gasteiger partial charge in [0.2, 0.25) is 11.8 Å². The van der Waals surface area contributed by atoms with Crippen LogP contribution in [0.5, 0.6) is 0 Å². The Morgan fingerprint density at radius 3 is 1.51 bits per heavy atom. The number of carbonyl (C=O) groups excluding carboxylic acids is 3. The second-order valence-electron chi connectivity index (χ2n) is 29.6. The van der Waals surface area contributed by atoms with Crippen LogP contribution in [0.4, 0.5) is 0 Å². The van der Waals surface area contributed by atoms with Crippen LogP contribution in [0.2, 0.25) is 18.1 Å². The molecule has 0 aromatic rings. The molecule has 0 saturated carbocycles. The number of ether oxygens (including phenoxy) is 7. The minimum atomic E-state index is -4.41. The van der Waals surface area contributed by atoms with Crippen LogP contribution >= 0.6 is 7.82 Å². The van der Waals surface area contributed by atoms with E-state index in [4.69, 9.17) is 51.2 Å². The number of Topliss-reactive ketones (excluding diaryl/α,β-unsaturated/α-hetero) is 1. The molecule has 0 bridgehead atoms. The third-order valence-electron chi connectivity index (χ3n) is 19.9. The average molecular weight is 1430 g/mol. The maximum atomic E-state index is 14.8. The number of phosphoric ester groups is 1. The van der Waals surface area contributed by atoms with E-state index in [-0.39, 0.29) is 74.6 Å². The van der Waals surface area contributed by atoms with Crippen LogP contribution in [-0.4, -0.2) is 141 Å². The number of hydrogen-bond donors (Lipinski definition) is 2. The Hall–Kier alpha value is -2.16.